The van der Waals surface area contributed by atoms with Crippen LogP contribution in [0.25, 0.3) is 0 Å². The van der Waals surface area contributed by atoms with E-state index in [0.717, 1.165) is 9.26 Å². The molecule has 0 amide bonds. The van der Waals surface area contributed by atoms with Crippen molar-refractivity contribution in [2.75, 3.05) is 17.7 Å². The lowest BCUT2D eigenvalue weighted by atomic mass is 10.1. The van der Waals surface area contributed by atoms with Crippen molar-refractivity contribution in [3.63, 3.8) is 0 Å². The molecule has 104 valence electrons. The van der Waals surface area contributed by atoms with Crippen molar-refractivity contribution >= 4 is 45.6 Å². The first kappa shape index (κ1) is 14.6. The third kappa shape index (κ3) is 3.41. The van der Waals surface area contributed by atoms with Crippen LogP contribution < -0.4 is 11.1 Å². The minimum absolute atomic E-state index is 0.326. The van der Waals surface area contributed by atoms with Gasteiger partial charge < -0.3 is 15.8 Å². The van der Waals surface area contributed by atoms with Crippen molar-refractivity contribution in [1.29, 1.82) is 0 Å². The van der Waals surface area contributed by atoms with Crippen molar-refractivity contribution in [1.82, 2.24) is 0 Å². The van der Waals surface area contributed by atoms with E-state index in [-0.39, 0.29) is 0 Å². The number of hydrogen-bond acceptors (Lipinski definition) is 4. The van der Waals surface area contributed by atoms with E-state index >= 15 is 0 Å². The molecule has 20 heavy (non-hydrogen) atoms. The van der Waals surface area contributed by atoms with Crippen molar-refractivity contribution < 1.29 is 9.53 Å². The molecule has 3 N–H and O–H groups in total. The van der Waals surface area contributed by atoms with Crippen LogP contribution in [-0.2, 0) is 4.74 Å². The van der Waals surface area contributed by atoms with Gasteiger partial charge >= 0.3 is 5.97 Å². The molecule has 0 aromatic heterocycles. The quantitative estimate of drug-likeness (QED) is 0.480. The van der Waals surface area contributed by atoms with E-state index in [9.17, 15) is 4.79 Å². The van der Waals surface area contributed by atoms with Gasteiger partial charge in [0.2, 0.25) is 0 Å². The monoisotopic (exact) mass is 382 g/mol. The Balaban J connectivity index is 2.26. The standard InChI is InChI=1S/C15H15IN2O2/c1-2-20-15(19)12-4-3-5-13(14(12)17)18-11-8-6-10(16)7-9-11/h3-9,18H,2,17H2,1H3. The van der Waals surface area contributed by atoms with Gasteiger partial charge in [0.15, 0.2) is 0 Å². The van der Waals surface area contributed by atoms with Crippen molar-refractivity contribution in [3.8, 4) is 0 Å². The van der Waals surface area contributed by atoms with Gasteiger partial charge in [-0.25, -0.2) is 4.79 Å². The maximum atomic E-state index is 11.8. The summed E-state index contributed by atoms with van der Waals surface area (Å²) < 4.78 is 6.14. The van der Waals surface area contributed by atoms with Gasteiger partial charge in [-0.15, -0.1) is 0 Å². The van der Waals surface area contributed by atoms with E-state index in [4.69, 9.17) is 10.5 Å². The van der Waals surface area contributed by atoms with Gasteiger partial charge in [0.1, 0.15) is 0 Å². The highest BCUT2D eigenvalue weighted by Gasteiger charge is 2.13. The normalized spacial score (nSPS) is 10.1. The Morgan fingerprint density at radius 1 is 1.25 bits per heavy atom. The van der Waals surface area contributed by atoms with Crippen LogP contribution in [0, 0.1) is 3.57 Å². The highest BCUT2D eigenvalue weighted by atomic mass is 127. The summed E-state index contributed by atoms with van der Waals surface area (Å²) in [6.07, 6.45) is 0. The van der Waals surface area contributed by atoms with Crippen molar-refractivity contribution in [3.05, 3.63) is 51.6 Å². The second-order valence-electron chi connectivity index (χ2n) is 4.12. The summed E-state index contributed by atoms with van der Waals surface area (Å²) in [4.78, 5) is 11.8. The highest BCUT2D eigenvalue weighted by molar-refractivity contribution is 14.1. The maximum absolute atomic E-state index is 11.8. The fourth-order valence-corrected chi connectivity index (χ4v) is 2.11. The summed E-state index contributed by atoms with van der Waals surface area (Å²) in [6, 6.07) is 13.2. The number of hydrogen-bond donors (Lipinski definition) is 2. The average molecular weight is 382 g/mol. The summed E-state index contributed by atoms with van der Waals surface area (Å²) >= 11 is 2.24. The van der Waals surface area contributed by atoms with E-state index < -0.39 is 5.97 Å². The number of esters is 1. The molecule has 0 radical (unpaired) electrons. The molecular weight excluding hydrogens is 367 g/mol. The van der Waals surface area contributed by atoms with Crippen LogP contribution in [0.1, 0.15) is 17.3 Å². The molecule has 0 unspecified atom stereocenters. The Morgan fingerprint density at radius 3 is 2.60 bits per heavy atom. The topological polar surface area (TPSA) is 64.3 Å². The Morgan fingerprint density at radius 2 is 1.95 bits per heavy atom. The summed E-state index contributed by atoms with van der Waals surface area (Å²) in [5.74, 6) is -0.406. The van der Waals surface area contributed by atoms with Crippen LogP contribution in [0.3, 0.4) is 0 Å². The molecule has 0 aliphatic carbocycles. The smallest absolute Gasteiger partial charge is 0.340 e. The number of anilines is 3. The molecule has 5 heteroatoms. The van der Waals surface area contributed by atoms with E-state index in [1.165, 1.54) is 0 Å². The predicted molar refractivity (Wildman–Crippen MR) is 89.3 cm³/mol. The molecule has 0 bridgehead atoms. The third-order valence-electron chi connectivity index (χ3n) is 2.72. The molecule has 0 heterocycles. The van der Waals surface area contributed by atoms with Gasteiger partial charge in [0, 0.05) is 9.26 Å². The fourth-order valence-electron chi connectivity index (χ4n) is 1.75. The zero-order valence-electron chi connectivity index (χ0n) is 11.0. The molecule has 0 aliphatic heterocycles. The van der Waals surface area contributed by atoms with Gasteiger partial charge in [-0.05, 0) is 65.9 Å². The lowest BCUT2D eigenvalue weighted by Gasteiger charge is -2.12. The summed E-state index contributed by atoms with van der Waals surface area (Å²) in [7, 11) is 0. The lowest BCUT2D eigenvalue weighted by molar-refractivity contribution is 0.0527. The predicted octanol–water partition coefficient (Wildman–Crippen LogP) is 3.79. The van der Waals surface area contributed by atoms with Crippen LogP contribution >= 0.6 is 22.6 Å². The number of ether oxygens (including phenoxy) is 1. The zero-order chi connectivity index (χ0) is 14.5. The molecule has 0 saturated carbocycles. The third-order valence-corrected chi connectivity index (χ3v) is 3.44. The molecule has 0 aliphatic rings. The number of halogens is 1. The van der Waals surface area contributed by atoms with Crippen LogP contribution in [0.4, 0.5) is 17.1 Å². The second-order valence-corrected chi connectivity index (χ2v) is 5.36. The van der Waals surface area contributed by atoms with Crippen molar-refractivity contribution in [2.24, 2.45) is 0 Å². The number of para-hydroxylation sites is 1. The average Bonchev–Trinajstić information content (AvgIpc) is 2.44. The molecule has 2 rings (SSSR count). The number of nitrogen functional groups attached to an aromatic ring is 1. The summed E-state index contributed by atoms with van der Waals surface area (Å²) in [5, 5.41) is 3.20. The molecule has 0 spiro atoms. The Kier molecular flexibility index (Phi) is 4.84. The van der Waals surface area contributed by atoms with Crippen molar-refractivity contribution in [2.45, 2.75) is 6.92 Å². The first-order valence-electron chi connectivity index (χ1n) is 6.20. The zero-order valence-corrected chi connectivity index (χ0v) is 13.2. The van der Waals surface area contributed by atoms with E-state index in [1.54, 1.807) is 19.1 Å². The SMILES string of the molecule is CCOC(=O)c1cccc(Nc2ccc(I)cc2)c1N. The molecular formula is C15H15IN2O2. The Hall–Kier alpha value is -1.76. The number of nitrogens with one attached hydrogen (secondary N) is 1. The van der Waals surface area contributed by atoms with Gasteiger partial charge in [0.05, 0.1) is 23.5 Å². The molecule has 0 fully saturated rings. The van der Waals surface area contributed by atoms with E-state index in [1.807, 2.05) is 30.3 Å². The Bertz CT molecular complexity index is 612. The maximum Gasteiger partial charge on any atom is 0.340 e. The van der Waals surface area contributed by atoms with Crippen LogP contribution in [-0.4, -0.2) is 12.6 Å². The number of benzene rings is 2. The molecule has 0 saturated heterocycles. The number of rotatable bonds is 4. The van der Waals surface area contributed by atoms with E-state index in [2.05, 4.69) is 27.9 Å². The minimum Gasteiger partial charge on any atom is -0.462 e. The van der Waals surface area contributed by atoms with Crippen LogP contribution in [0.2, 0.25) is 0 Å². The number of carbonyl (C=O) groups is 1. The lowest BCUT2D eigenvalue weighted by Crippen LogP contribution is -2.09. The largest absolute Gasteiger partial charge is 0.462 e. The molecule has 0 atom stereocenters. The second kappa shape index (κ2) is 6.60. The van der Waals surface area contributed by atoms with E-state index in [0.29, 0.717) is 23.5 Å². The Labute approximate surface area is 131 Å². The van der Waals surface area contributed by atoms with Gasteiger partial charge in [-0.2, -0.15) is 0 Å². The summed E-state index contributed by atoms with van der Waals surface area (Å²) in [6.45, 7) is 2.09. The summed E-state index contributed by atoms with van der Waals surface area (Å²) in [5.41, 5.74) is 8.40. The van der Waals surface area contributed by atoms with Gasteiger partial charge in [-0.3, -0.25) is 0 Å². The van der Waals surface area contributed by atoms with Gasteiger partial charge in [-0.1, -0.05) is 6.07 Å². The highest BCUT2D eigenvalue weighted by Crippen LogP contribution is 2.27. The van der Waals surface area contributed by atoms with Crippen LogP contribution in [0.15, 0.2) is 42.5 Å². The number of carbonyl (C=O) groups excluding carboxylic acids is 1. The molecule has 4 nitrogen and oxygen atoms in total. The first-order valence-corrected chi connectivity index (χ1v) is 7.28. The fraction of sp³-hybridized carbons (Fsp3) is 0.133. The van der Waals surface area contributed by atoms with Crippen LogP contribution in [0.5, 0.6) is 0 Å². The minimum atomic E-state index is -0.406. The molecule has 2 aromatic rings. The molecule has 2 aromatic carbocycles. The van der Waals surface area contributed by atoms with Gasteiger partial charge in [0.25, 0.3) is 0 Å². The first-order chi connectivity index (χ1) is 9.61. The number of nitrogens with two attached hydrogens (primary N) is 1.